The molecule has 68 valence electrons. The van der Waals surface area contributed by atoms with Crippen LogP contribution < -0.4 is 0 Å². The summed E-state index contributed by atoms with van der Waals surface area (Å²) in [7, 11) is 0. The highest BCUT2D eigenvalue weighted by Gasteiger charge is 2.24. The van der Waals surface area contributed by atoms with E-state index in [1.54, 1.807) is 0 Å². The third-order valence-corrected chi connectivity index (χ3v) is 1.73. The Bertz CT molecular complexity index is 196. The maximum atomic E-state index is 11.2. The van der Waals surface area contributed by atoms with Crippen LogP contribution in [0, 0.1) is 5.92 Å². The molecule has 0 aromatic carbocycles. The third-order valence-electron chi connectivity index (χ3n) is 1.73. The van der Waals surface area contributed by atoms with Crippen LogP contribution in [-0.4, -0.2) is 23.3 Å². The molecule has 0 amide bonds. The van der Waals surface area contributed by atoms with Crippen LogP contribution >= 0.6 is 0 Å². The van der Waals surface area contributed by atoms with Gasteiger partial charge in [0.05, 0.1) is 0 Å². The van der Waals surface area contributed by atoms with E-state index in [1.807, 2.05) is 13.8 Å². The molecule has 0 fully saturated rings. The van der Waals surface area contributed by atoms with E-state index in [-0.39, 0.29) is 5.78 Å². The summed E-state index contributed by atoms with van der Waals surface area (Å²) in [6.07, 6.45) is 2.05. The summed E-state index contributed by atoms with van der Waals surface area (Å²) in [5.41, 5.74) is 0. The first kappa shape index (κ1) is 9.42. The van der Waals surface area contributed by atoms with Crippen LogP contribution in [0.25, 0.3) is 0 Å². The van der Waals surface area contributed by atoms with Gasteiger partial charge in [-0.3, -0.25) is 4.79 Å². The number of carbonyl (C=O) groups is 1. The molecular weight excluding hydrogens is 156 g/mol. The predicted molar refractivity (Wildman–Crippen MR) is 44.5 cm³/mol. The molecule has 0 bridgehead atoms. The van der Waals surface area contributed by atoms with Gasteiger partial charge in [-0.2, -0.15) is 0 Å². The first-order valence-electron chi connectivity index (χ1n) is 4.15. The van der Waals surface area contributed by atoms with E-state index in [0.29, 0.717) is 12.3 Å². The van der Waals surface area contributed by atoms with Gasteiger partial charge in [0.1, 0.15) is 6.10 Å². The zero-order chi connectivity index (χ0) is 9.14. The van der Waals surface area contributed by atoms with Crippen molar-refractivity contribution < 1.29 is 14.6 Å². The maximum Gasteiger partial charge on any atom is 0.184 e. The summed E-state index contributed by atoms with van der Waals surface area (Å²) in [5.74, 6) is 0.353. The van der Waals surface area contributed by atoms with Gasteiger partial charge < -0.3 is 9.84 Å². The molecule has 1 aliphatic rings. The molecule has 0 aromatic heterocycles. The van der Waals surface area contributed by atoms with Gasteiger partial charge in [-0.05, 0) is 24.5 Å². The summed E-state index contributed by atoms with van der Waals surface area (Å²) in [5, 5.41) is 9.05. The number of rotatable bonds is 2. The average molecular weight is 170 g/mol. The number of hydrogen-bond donors (Lipinski definition) is 1. The summed E-state index contributed by atoms with van der Waals surface area (Å²) >= 11 is 0. The fourth-order valence-electron chi connectivity index (χ4n) is 1.17. The second-order valence-electron chi connectivity index (χ2n) is 3.41. The molecule has 1 rings (SSSR count). The van der Waals surface area contributed by atoms with Crippen LogP contribution in [0.3, 0.4) is 0 Å². The monoisotopic (exact) mass is 170 g/mol. The third kappa shape index (κ3) is 2.43. The molecular formula is C9H14O3. The standard InChI is InChI=1S/C9H14O3/c1-6(2)5-8-7(10)3-4-9(11)12-8/h3-4,6,8-9,11H,5H2,1-2H3/t8-,9+/m0/s1. The van der Waals surface area contributed by atoms with Crippen LogP contribution in [0.15, 0.2) is 12.2 Å². The Labute approximate surface area is 72.0 Å². The molecule has 0 aromatic rings. The molecule has 0 saturated carbocycles. The lowest BCUT2D eigenvalue weighted by Gasteiger charge is -2.22. The normalized spacial score (nSPS) is 29.8. The largest absolute Gasteiger partial charge is 0.365 e. The van der Waals surface area contributed by atoms with Crippen LogP contribution in [-0.2, 0) is 9.53 Å². The van der Waals surface area contributed by atoms with E-state index in [0.717, 1.165) is 0 Å². The Hall–Kier alpha value is -0.670. The number of aliphatic hydroxyl groups is 1. The highest BCUT2D eigenvalue weighted by molar-refractivity contribution is 5.94. The molecule has 2 atom stereocenters. The lowest BCUT2D eigenvalue weighted by atomic mass is 10.0. The maximum absolute atomic E-state index is 11.2. The van der Waals surface area contributed by atoms with Crippen molar-refractivity contribution in [2.45, 2.75) is 32.7 Å². The number of hydrogen-bond acceptors (Lipinski definition) is 3. The lowest BCUT2D eigenvalue weighted by Crippen LogP contribution is -2.32. The Kier molecular flexibility index (Phi) is 3.00. The van der Waals surface area contributed by atoms with Crippen molar-refractivity contribution in [3.05, 3.63) is 12.2 Å². The van der Waals surface area contributed by atoms with E-state index < -0.39 is 12.4 Å². The fraction of sp³-hybridized carbons (Fsp3) is 0.667. The van der Waals surface area contributed by atoms with Crippen molar-refractivity contribution in [1.29, 1.82) is 0 Å². The smallest absolute Gasteiger partial charge is 0.184 e. The van der Waals surface area contributed by atoms with Gasteiger partial charge in [-0.25, -0.2) is 0 Å². The second kappa shape index (κ2) is 3.83. The van der Waals surface area contributed by atoms with Crippen molar-refractivity contribution >= 4 is 5.78 Å². The van der Waals surface area contributed by atoms with E-state index in [9.17, 15) is 4.79 Å². The van der Waals surface area contributed by atoms with E-state index >= 15 is 0 Å². The number of carbonyl (C=O) groups excluding carboxylic acids is 1. The molecule has 1 heterocycles. The Morgan fingerprint density at radius 1 is 1.67 bits per heavy atom. The molecule has 0 radical (unpaired) electrons. The SMILES string of the molecule is CC(C)C[C@@H]1O[C@@H](O)C=CC1=O. The molecule has 12 heavy (non-hydrogen) atoms. The Morgan fingerprint density at radius 3 is 2.92 bits per heavy atom. The van der Waals surface area contributed by atoms with Crippen LogP contribution in [0.4, 0.5) is 0 Å². The quantitative estimate of drug-likeness (QED) is 0.669. The number of ketones is 1. The molecule has 3 heteroatoms. The summed E-state index contributed by atoms with van der Waals surface area (Å²) in [4.78, 5) is 11.2. The fourth-order valence-corrected chi connectivity index (χ4v) is 1.17. The molecule has 1 aliphatic heterocycles. The minimum atomic E-state index is -0.911. The van der Waals surface area contributed by atoms with Crippen molar-refractivity contribution in [3.63, 3.8) is 0 Å². The summed E-state index contributed by atoms with van der Waals surface area (Å²) in [6, 6.07) is 0. The Balaban J connectivity index is 2.54. The van der Waals surface area contributed by atoms with Crippen LogP contribution in [0.2, 0.25) is 0 Å². The molecule has 0 aliphatic carbocycles. The van der Waals surface area contributed by atoms with E-state index in [1.165, 1.54) is 12.2 Å². The summed E-state index contributed by atoms with van der Waals surface area (Å²) in [6.45, 7) is 4.03. The van der Waals surface area contributed by atoms with Gasteiger partial charge in [-0.1, -0.05) is 13.8 Å². The lowest BCUT2D eigenvalue weighted by molar-refractivity contribution is -0.150. The van der Waals surface area contributed by atoms with Crippen LogP contribution in [0.5, 0.6) is 0 Å². The predicted octanol–water partition coefficient (Wildman–Crippen LogP) is 0.875. The van der Waals surface area contributed by atoms with Gasteiger partial charge in [0, 0.05) is 0 Å². The van der Waals surface area contributed by atoms with Crippen molar-refractivity contribution in [2.75, 3.05) is 0 Å². The van der Waals surface area contributed by atoms with Crippen molar-refractivity contribution in [3.8, 4) is 0 Å². The molecule has 0 saturated heterocycles. The first-order chi connectivity index (χ1) is 5.59. The minimum absolute atomic E-state index is 0.0472. The topological polar surface area (TPSA) is 46.5 Å². The van der Waals surface area contributed by atoms with Crippen LogP contribution in [0.1, 0.15) is 20.3 Å². The van der Waals surface area contributed by atoms with Gasteiger partial charge in [0.25, 0.3) is 0 Å². The highest BCUT2D eigenvalue weighted by Crippen LogP contribution is 2.15. The van der Waals surface area contributed by atoms with Gasteiger partial charge in [0.15, 0.2) is 12.1 Å². The van der Waals surface area contributed by atoms with Gasteiger partial charge in [0.2, 0.25) is 0 Å². The molecule has 0 unspecified atom stereocenters. The summed E-state index contributed by atoms with van der Waals surface area (Å²) < 4.78 is 5.03. The zero-order valence-electron chi connectivity index (χ0n) is 7.36. The van der Waals surface area contributed by atoms with Gasteiger partial charge in [-0.15, -0.1) is 0 Å². The van der Waals surface area contributed by atoms with Crippen molar-refractivity contribution in [2.24, 2.45) is 5.92 Å². The Morgan fingerprint density at radius 2 is 2.33 bits per heavy atom. The van der Waals surface area contributed by atoms with E-state index in [2.05, 4.69) is 0 Å². The number of ether oxygens (including phenoxy) is 1. The average Bonchev–Trinajstić information content (AvgIpc) is 1.96. The molecule has 0 spiro atoms. The molecule has 3 nitrogen and oxygen atoms in total. The van der Waals surface area contributed by atoms with Crippen molar-refractivity contribution in [1.82, 2.24) is 0 Å². The minimum Gasteiger partial charge on any atom is -0.365 e. The number of aliphatic hydroxyl groups excluding tert-OH is 1. The zero-order valence-corrected chi connectivity index (χ0v) is 7.36. The first-order valence-corrected chi connectivity index (χ1v) is 4.15. The molecule has 1 N–H and O–H groups in total. The highest BCUT2D eigenvalue weighted by atomic mass is 16.6. The second-order valence-corrected chi connectivity index (χ2v) is 3.41. The van der Waals surface area contributed by atoms with Gasteiger partial charge >= 0.3 is 0 Å². The van der Waals surface area contributed by atoms with E-state index in [4.69, 9.17) is 9.84 Å².